The molecule has 0 aliphatic carbocycles. The molecule has 3 rings (SSSR count). The zero-order valence-corrected chi connectivity index (χ0v) is 15.9. The van der Waals surface area contributed by atoms with Crippen molar-refractivity contribution in [2.24, 2.45) is 0 Å². The second-order valence-electron chi connectivity index (χ2n) is 6.65. The highest BCUT2D eigenvalue weighted by Crippen LogP contribution is 2.29. The van der Waals surface area contributed by atoms with E-state index in [2.05, 4.69) is 0 Å². The van der Waals surface area contributed by atoms with Crippen LogP contribution in [0.4, 0.5) is 0 Å². The Morgan fingerprint density at radius 3 is 2.46 bits per heavy atom. The summed E-state index contributed by atoms with van der Waals surface area (Å²) in [5.41, 5.74) is 1.27. The molecule has 1 aromatic carbocycles. The summed E-state index contributed by atoms with van der Waals surface area (Å²) in [7, 11) is -0.391. The van der Waals surface area contributed by atoms with E-state index in [1.165, 1.54) is 28.8 Å². The van der Waals surface area contributed by atoms with Crippen LogP contribution in [0.2, 0.25) is 0 Å². The zero-order valence-electron chi connectivity index (χ0n) is 15.1. The van der Waals surface area contributed by atoms with Gasteiger partial charge in [-0.25, -0.2) is 4.79 Å². The fourth-order valence-electron chi connectivity index (χ4n) is 3.15. The Labute approximate surface area is 152 Å². The number of aromatic hydroxyl groups is 1. The monoisotopic (exact) mass is 381 g/mol. The van der Waals surface area contributed by atoms with Crippen molar-refractivity contribution in [1.29, 1.82) is 0 Å². The lowest BCUT2D eigenvalue weighted by Gasteiger charge is -2.35. The molecule has 2 aromatic rings. The Morgan fingerprint density at radius 2 is 1.85 bits per heavy atom. The van der Waals surface area contributed by atoms with Gasteiger partial charge in [0.1, 0.15) is 11.3 Å². The molecule has 26 heavy (non-hydrogen) atoms. The van der Waals surface area contributed by atoms with Gasteiger partial charge in [-0.3, -0.25) is 4.90 Å². The smallest absolute Gasteiger partial charge is 0.336 e. The van der Waals surface area contributed by atoms with Crippen LogP contribution in [0.15, 0.2) is 27.4 Å². The van der Waals surface area contributed by atoms with Gasteiger partial charge in [-0.2, -0.15) is 17.0 Å². The average molecular weight is 381 g/mol. The quantitative estimate of drug-likeness (QED) is 0.785. The highest BCUT2D eigenvalue weighted by atomic mass is 32.2. The van der Waals surface area contributed by atoms with E-state index < -0.39 is 15.8 Å². The molecule has 1 aliphatic rings. The summed E-state index contributed by atoms with van der Waals surface area (Å²) in [6, 6.07) is 4.75. The molecule has 1 aromatic heterocycles. The van der Waals surface area contributed by atoms with E-state index in [0.717, 1.165) is 10.9 Å². The lowest BCUT2D eigenvalue weighted by Crippen LogP contribution is -2.51. The van der Waals surface area contributed by atoms with Crippen molar-refractivity contribution in [3.05, 3.63) is 39.7 Å². The number of rotatable bonds is 4. The first-order chi connectivity index (χ1) is 12.2. The average Bonchev–Trinajstić information content (AvgIpc) is 2.57. The molecular formula is C17H23N3O5S. The van der Waals surface area contributed by atoms with Gasteiger partial charge < -0.3 is 9.52 Å². The van der Waals surface area contributed by atoms with Gasteiger partial charge in [0.25, 0.3) is 10.2 Å². The predicted molar refractivity (Wildman–Crippen MR) is 98.3 cm³/mol. The second-order valence-corrected chi connectivity index (χ2v) is 8.80. The van der Waals surface area contributed by atoms with Crippen LogP contribution in [0, 0.1) is 6.92 Å². The van der Waals surface area contributed by atoms with Crippen LogP contribution >= 0.6 is 0 Å². The maximum Gasteiger partial charge on any atom is 0.336 e. The molecule has 2 heterocycles. The summed E-state index contributed by atoms with van der Waals surface area (Å²) >= 11 is 0. The molecule has 8 nitrogen and oxygen atoms in total. The first-order valence-electron chi connectivity index (χ1n) is 8.35. The molecule has 0 unspecified atom stereocenters. The number of nitrogens with zero attached hydrogens (tertiary/aromatic N) is 3. The maximum absolute atomic E-state index is 12.2. The van der Waals surface area contributed by atoms with E-state index in [-0.39, 0.29) is 5.75 Å². The van der Waals surface area contributed by atoms with Gasteiger partial charge in [0.05, 0.1) is 5.56 Å². The predicted octanol–water partition coefficient (Wildman–Crippen LogP) is 0.731. The summed E-state index contributed by atoms with van der Waals surface area (Å²) in [6.07, 6.45) is 0. The Hall–Kier alpha value is -1.94. The number of piperazine rings is 1. The van der Waals surface area contributed by atoms with E-state index in [0.29, 0.717) is 43.9 Å². The molecular weight excluding hydrogens is 358 g/mol. The SMILES string of the molecule is Cc1cc(=O)oc2c(CN3CCN(S(=O)(=O)N(C)C)CC3)c(O)ccc12. The zero-order chi connectivity index (χ0) is 19.1. The van der Waals surface area contributed by atoms with Crippen molar-refractivity contribution < 1.29 is 17.9 Å². The molecule has 1 saturated heterocycles. The van der Waals surface area contributed by atoms with E-state index in [1.807, 2.05) is 11.8 Å². The first kappa shape index (κ1) is 18.8. The number of aryl methyl sites for hydroxylation is 1. The van der Waals surface area contributed by atoms with Crippen LogP contribution in [0.5, 0.6) is 5.75 Å². The molecule has 0 spiro atoms. The minimum absolute atomic E-state index is 0.0644. The van der Waals surface area contributed by atoms with Crippen molar-refractivity contribution in [1.82, 2.24) is 13.5 Å². The molecule has 0 amide bonds. The van der Waals surface area contributed by atoms with Crippen LogP contribution in [0.3, 0.4) is 0 Å². The van der Waals surface area contributed by atoms with Crippen molar-refractivity contribution >= 4 is 21.2 Å². The maximum atomic E-state index is 12.2. The summed E-state index contributed by atoms with van der Waals surface area (Å²) < 4.78 is 32.4. The van der Waals surface area contributed by atoms with Gasteiger partial charge in [-0.05, 0) is 24.6 Å². The van der Waals surface area contributed by atoms with Crippen molar-refractivity contribution in [2.45, 2.75) is 13.5 Å². The van der Waals surface area contributed by atoms with Gasteiger partial charge >= 0.3 is 5.63 Å². The fourth-order valence-corrected chi connectivity index (χ4v) is 4.24. The number of fused-ring (bicyclic) bond motifs is 1. The third-order valence-electron chi connectivity index (χ3n) is 4.70. The van der Waals surface area contributed by atoms with Crippen LogP contribution in [0.1, 0.15) is 11.1 Å². The van der Waals surface area contributed by atoms with Gasteiger partial charge in [0, 0.05) is 58.3 Å². The number of hydrogen-bond donors (Lipinski definition) is 1. The Kier molecular flexibility index (Phi) is 5.07. The topological polar surface area (TPSA) is 94.3 Å². The molecule has 0 atom stereocenters. The summed E-state index contributed by atoms with van der Waals surface area (Å²) in [6.45, 7) is 4.00. The lowest BCUT2D eigenvalue weighted by molar-refractivity contribution is 0.176. The highest BCUT2D eigenvalue weighted by Gasteiger charge is 2.29. The molecule has 1 fully saturated rings. The molecule has 0 radical (unpaired) electrons. The number of hydrogen-bond acceptors (Lipinski definition) is 6. The third kappa shape index (κ3) is 3.48. The number of phenols is 1. The van der Waals surface area contributed by atoms with E-state index in [1.54, 1.807) is 12.1 Å². The standard InChI is InChI=1S/C17H23N3O5S/c1-12-10-16(22)25-17-13(12)4-5-15(21)14(17)11-19-6-8-20(9-7-19)26(23,24)18(2)3/h4-5,10,21H,6-9,11H2,1-3H3. The van der Waals surface area contributed by atoms with Crippen molar-refractivity contribution in [3.8, 4) is 5.75 Å². The fraction of sp³-hybridized carbons (Fsp3) is 0.471. The summed E-state index contributed by atoms with van der Waals surface area (Å²) in [5, 5.41) is 11.1. The lowest BCUT2D eigenvalue weighted by atomic mass is 10.1. The van der Waals surface area contributed by atoms with Crippen LogP contribution < -0.4 is 5.63 Å². The van der Waals surface area contributed by atoms with Gasteiger partial charge in [-0.1, -0.05) is 0 Å². The Bertz CT molecular complexity index is 976. The highest BCUT2D eigenvalue weighted by molar-refractivity contribution is 7.86. The van der Waals surface area contributed by atoms with E-state index >= 15 is 0 Å². The van der Waals surface area contributed by atoms with Gasteiger partial charge in [-0.15, -0.1) is 0 Å². The number of benzene rings is 1. The van der Waals surface area contributed by atoms with Crippen LogP contribution in [-0.4, -0.2) is 67.3 Å². The van der Waals surface area contributed by atoms with Crippen molar-refractivity contribution in [2.75, 3.05) is 40.3 Å². The third-order valence-corrected chi connectivity index (χ3v) is 6.64. The molecule has 0 saturated carbocycles. The molecule has 142 valence electrons. The minimum atomic E-state index is -3.42. The minimum Gasteiger partial charge on any atom is -0.507 e. The largest absolute Gasteiger partial charge is 0.507 e. The normalized spacial score (nSPS) is 17.2. The van der Waals surface area contributed by atoms with Gasteiger partial charge in [0.2, 0.25) is 0 Å². The molecule has 9 heteroatoms. The number of phenolic OH excluding ortho intramolecular Hbond substituents is 1. The van der Waals surface area contributed by atoms with E-state index in [4.69, 9.17) is 4.42 Å². The molecule has 0 bridgehead atoms. The molecule has 1 N–H and O–H groups in total. The van der Waals surface area contributed by atoms with E-state index in [9.17, 15) is 18.3 Å². The van der Waals surface area contributed by atoms with Crippen LogP contribution in [-0.2, 0) is 16.8 Å². The second kappa shape index (κ2) is 6.99. The summed E-state index contributed by atoms with van der Waals surface area (Å²) in [4.78, 5) is 13.8. The van der Waals surface area contributed by atoms with Crippen LogP contribution in [0.25, 0.3) is 11.0 Å². The van der Waals surface area contributed by atoms with Gasteiger partial charge in [0.15, 0.2) is 0 Å². The Balaban J connectivity index is 1.83. The molecule has 1 aliphatic heterocycles. The summed E-state index contributed by atoms with van der Waals surface area (Å²) in [5.74, 6) is 0.0644. The van der Waals surface area contributed by atoms with Crippen molar-refractivity contribution in [3.63, 3.8) is 0 Å². The Morgan fingerprint density at radius 1 is 1.19 bits per heavy atom. The first-order valence-corrected chi connectivity index (χ1v) is 9.75.